The number of hydrogen-bond acceptors (Lipinski definition) is 2. The first-order chi connectivity index (χ1) is 8.25. The van der Waals surface area contributed by atoms with Gasteiger partial charge in [-0.15, -0.1) is 0 Å². The fraction of sp³-hybridized carbons (Fsp3) is 0.385. The van der Waals surface area contributed by atoms with Crippen molar-refractivity contribution in [2.75, 3.05) is 11.4 Å². The molecule has 0 saturated carbocycles. The molecule has 0 bridgehead atoms. The lowest BCUT2D eigenvalue weighted by Crippen LogP contribution is -2.35. The van der Waals surface area contributed by atoms with Crippen molar-refractivity contribution in [2.24, 2.45) is 0 Å². The summed E-state index contributed by atoms with van der Waals surface area (Å²) in [6, 6.07) is 4.11. The lowest BCUT2D eigenvalue weighted by atomic mass is 10.1. The van der Waals surface area contributed by atoms with Crippen molar-refractivity contribution in [1.82, 2.24) is 10.2 Å². The largest absolute Gasteiger partial charge is 0.312 e. The molecule has 0 unspecified atom stereocenters. The molecule has 0 spiro atoms. The van der Waals surface area contributed by atoms with E-state index in [4.69, 9.17) is 0 Å². The Morgan fingerprint density at radius 1 is 1.35 bits per heavy atom. The van der Waals surface area contributed by atoms with E-state index in [0.717, 1.165) is 41.5 Å². The minimum atomic E-state index is 0.234. The summed E-state index contributed by atoms with van der Waals surface area (Å²) >= 11 is 0. The van der Waals surface area contributed by atoms with E-state index >= 15 is 0 Å². The molecule has 3 rings (SSSR count). The molecule has 2 heterocycles. The lowest BCUT2D eigenvalue weighted by molar-refractivity contribution is -0.119. The zero-order valence-corrected chi connectivity index (χ0v) is 9.86. The van der Waals surface area contributed by atoms with Gasteiger partial charge >= 0.3 is 0 Å². The minimum Gasteiger partial charge on any atom is -0.312 e. The molecular weight excluding hydrogens is 214 g/mol. The Morgan fingerprint density at radius 3 is 3.06 bits per heavy atom. The van der Waals surface area contributed by atoms with Gasteiger partial charge in [0.25, 0.3) is 0 Å². The van der Waals surface area contributed by atoms with Gasteiger partial charge in [0.2, 0.25) is 5.91 Å². The molecule has 4 nitrogen and oxygen atoms in total. The SMILES string of the molecule is Cc1cc2cn[nH]c2cc1N1CCCCC1=O. The molecular formula is C13H15N3O. The lowest BCUT2D eigenvalue weighted by Gasteiger charge is -2.28. The number of nitrogens with one attached hydrogen (secondary N) is 1. The molecule has 1 aromatic heterocycles. The zero-order valence-electron chi connectivity index (χ0n) is 9.86. The van der Waals surface area contributed by atoms with Crippen LogP contribution in [0.3, 0.4) is 0 Å². The number of rotatable bonds is 1. The van der Waals surface area contributed by atoms with E-state index in [1.54, 1.807) is 0 Å². The van der Waals surface area contributed by atoms with Gasteiger partial charge in [0.1, 0.15) is 0 Å². The summed E-state index contributed by atoms with van der Waals surface area (Å²) in [5, 5.41) is 8.07. The van der Waals surface area contributed by atoms with Crippen LogP contribution in [-0.2, 0) is 4.79 Å². The van der Waals surface area contributed by atoms with E-state index in [2.05, 4.69) is 16.3 Å². The first-order valence-corrected chi connectivity index (χ1v) is 6.00. The fourth-order valence-electron chi connectivity index (χ4n) is 2.45. The van der Waals surface area contributed by atoms with Crippen LogP contribution in [0.2, 0.25) is 0 Å². The van der Waals surface area contributed by atoms with Crippen molar-refractivity contribution < 1.29 is 4.79 Å². The predicted molar refractivity (Wildman–Crippen MR) is 67.0 cm³/mol. The third-order valence-corrected chi connectivity index (χ3v) is 3.37. The Labute approximate surface area is 99.6 Å². The number of carbonyl (C=O) groups is 1. The smallest absolute Gasteiger partial charge is 0.226 e. The number of aromatic amines is 1. The summed E-state index contributed by atoms with van der Waals surface area (Å²) < 4.78 is 0. The van der Waals surface area contributed by atoms with E-state index in [9.17, 15) is 4.79 Å². The molecule has 1 aromatic carbocycles. The van der Waals surface area contributed by atoms with Gasteiger partial charge in [0.05, 0.1) is 11.7 Å². The quantitative estimate of drug-likeness (QED) is 0.816. The van der Waals surface area contributed by atoms with Gasteiger partial charge in [-0.05, 0) is 37.5 Å². The first-order valence-electron chi connectivity index (χ1n) is 6.00. The monoisotopic (exact) mass is 229 g/mol. The first kappa shape index (κ1) is 10.3. The average Bonchev–Trinajstić information content (AvgIpc) is 2.76. The Hall–Kier alpha value is -1.84. The minimum absolute atomic E-state index is 0.234. The normalized spacial score (nSPS) is 16.8. The zero-order chi connectivity index (χ0) is 11.8. The molecule has 1 saturated heterocycles. The van der Waals surface area contributed by atoms with Crippen LogP contribution < -0.4 is 4.90 Å². The van der Waals surface area contributed by atoms with E-state index < -0.39 is 0 Å². The number of fused-ring (bicyclic) bond motifs is 1. The molecule has 1 N–H and O–H groups in total. The van der Waals surface area contributed by atoms with E-state index in [0.29, 0.717) is 6.42 Å². The van der Waals surface area contributed by atoms with Crippen LogP contribution in [0, 0.1) is 6.92 Å². The molecule has 1 aliphatic heterocycles. The standard InChI is InChI=1S/C13H15N3O/c1-9-6-10-8-14-15-11(10)7-12(9)16-5-3-2-4-13(16)17/h6-8H,2-5H2,1H3,(H,14,15). The van der Waals surface area contributed by atoms with Gasteiger partial charge in [-0.3, -0.25) is 9.89 Å². The Balaban J connectivity index is 2.08. The molecule has 17 heavy (non-hydrogen) atoms. The molecule has 1 fully saturated rings. The number of hydrogen-bond donors (Lipinski definition) is 1. The average molecular weight is 229 g/mol. The van der Waals surface area contributed by atoms with E-state index in [1.807, 2.05) is 24.1 Å². The van der Waals surface area contributed by atoms with Gasteiger partial charge < -0.3 is 4.90 Å². The Kier molecular flexibility index (Phi) is 2.35. The third-order valence-electron chi connectivity index (χ3n) is 3.37. The number of piperidine rings is 1. The van der Waals surface area contributed by atoms with Gasteiger partial charge in [0.15, 0.2) is 0 Å². The number of nitrogens with zero attached hydrogens (tertiary/aromatic N) is 2. The maximum absolute atomic E-state index is 11.9. The molecule has 0 aliphatic carbocycles. The topological polar surface area (TPSA) is 49.0 Å². The number of anilines is 1. The van der Waals surface area contributed by atoms with Crippen molar-refractivity contribution in [3.8, 4) is 0 Å². The molecule has 0 atom stereocenters. The third kappa shape index (κ3) is 1.69. The van der Waals surface area contributed by atoms with Crippen LogP contribution in [0.4, 0.5) is 5.69 Å². The molecule has 88 valence electrons. The van der Waals surface area contributed by atoms with Crippen LogP contribution in [0.1, 0.15) is 24.8 Å². The maximum Gasteiger partial charge on any atom is 0.226 e. The van der Waals surface area contributed by atoms with E-state index in [-0.39, 0.29) is 5.91 Å². The molecule has 1 amide bonds. The van der Waals surface area contributed by atoms with Crippen molar-refractivity contribution in [1.29, 1.82) is 0 Å². The second-order valence-corrected chi connectivity index (χ2v) is 4.60. The van der Waals surface area contributed by atoms with Crippen molar-refractivity contribution in [3.05, 3.63) is 23.9 Å². The summed E-state index contributed by atoms with van der Waals surface area (Å²) in [5.74, 6) is 0.234. The van der Waals surface area contributed by atoms with Crippen LogP contribution in [0.25, 0.3) is 10.9 Å². The number of carbonyl (C=O) groups excluding carboxylic acids is 1. The highest BCUT2D eigenvalue weighted by Crippen LogP contribution is 2.28. The summed E-state index contributed by atoms with van der Waals surface area (Å²) in [6.45, 7) is 2.88. The van der Waals surface area contributed by atoms with Gasteiger partial charge in [-0.2, -0.15) is 5.10 Å². The van der Waals surface area contributed by atoms with Crippen molar-refractivity contribution in [3.63, 3.8) is 0 Å². The number of benzene rings is 1. The van der Waals surface area contributed by atoms with Crippen molar-refractivity contribution >= 4 is 22.5 Å². The van der Waals surface area contributed by atoms with Gasteiger partial charge in [-0.1, -0.05) is 0 Å². The van der Waals surface area contributed by atoms with Gasteiger partial charge in [0, 0.05) is 24.0 Å². The van der Waals surface area contributed by atoms with Crippen LogP contribution in [0.5, 0.6) is 0 Å². The summed E-state index contributed by atoms with van der Waals surface area (Å²) in [4.78, 5) is 13.8. The molecule has 1 aliphatic rings. The highest BCUT2D eigenvalue weighted by molar-refractivity contribution is 5.97. The maximum atomic E-state index is 11.9. The molecule has 2 aromatic rings. The number of aryl methyl sites for hydroxylation is 1. The second kappa shape index (κ2) is 3.87. The fourth-order valence-corrected chi connectivity index (χ4v) is 2.45. The van der Waals surface area contributed by atoms with Gasteiger partial charge in [-0.25, -0.2) is 0 Å². The number of aromatic nitrogens is 2. The Morgan fingerprint density at radius 2 is 2.24 bits per heavy atom. The molecule has 4 heteroatoms. The van der Waals surface area contributed by atoms with Crippen molar-refractivity contribution in [2.45, 2.75) is 26.2 Å². The highest BCUT2D eigenvalue weighted by Gasteiger charge is 2.21. The van der Waals surface area contributed by atoms with Crippen LogP contribution in [-0.4, -0.2) is 22.6 Å². The summed E-state index contributed by atoms with van der Waals surface area (Å²) in [7, 11) is 0. The van der Waals surface area contributed by atoms with Crippen LogP contribution in [0.15, 0.2) is 18.3 Å². The predicted octanol–water partition coefficient (Wildman–Crippen LogP) is 2.39. The number of amides is 1. The summed E-state index contributed by atoms with van der Waals surface area (Å²) in [6.07, 6.45) is 4.58. The Bertz CT molecular complexity index is 573. The summed E-state index contributed by atoms with van der Waals surface area (Å²) in [5.41, 5.74) is 3.14. The highest BCUT2D eigenvalue weighted by atomic mass is 16.2. The second-order valence-electron chi connectivity index (χ2n) is 4.60. The molecule has 0 radical (unpaired) electrons. The van der Waals surface area contributed by atoms with E-state index in [1.165, 1.54) is 0 Å². The van der Waals surface area contributed by atoms with Crippen LogP contribution >= 0.6 is 0 Å². The number of H-pyrrole nitrogens is 1.